The van der Waals surface area contributed by atoms with Gasteiger partial charge in [-0.1, -0.05) is 13.8 Å². The van der Waals surface area contributed by atoms with Crippen LogP contribution in [0.1, 0.15) is 20.3 Å². The number of carbonyl (C=O) groups excluding carboxylic acids is 1. The molecule has 0 fully saturated rings. The molecule has 0 saturated heterocycles. The number of anilines is 1. The van der Waals surface area contributed by atoms with E-state index in [1.54, 1.807) is 0 Å². The highest BCUT2D eigenvalue weighted by atomic mass is 32.2. The number of aromatic nitrogens is 1. The van der Waals surface area contributed by atoms with Crippen molar-refractivity contribution in [3.8, 4) is 0 Å². The number of methoxy groups -OCH3 is 1. The minimum absolute atomic E-state index is 0.0515. The van der Waals surface area contributed by atoms with Crippen LogP contribution < -0.4 is 10.5 Å². The van der Waals surface area contributed by atoms with E-state index in [2.05, 4.69) is 14.4 Å². The lowest BCUT2D eigenvalue weighted by Crippen LogP contribution is -2.42. The van der Waals surface area contributed by atoms with Crippen LogP contribution in [0.5, 0.6) is 0 Å². The van der Waals surface area contributed by atoms with Crippen molar-refractivity contribution in [2.24, 2.45) is 5.92 Å². The number of nitrogens with one attached hydrogen (secondary N) is 1. The van der Waals surface area contributed by atoms with Gasteiger partial charge in [0.15, 0.2) is 0 Å². The Bertz CT molecular complexity index is 555. The number of sulfonamides is 1. The number of nitrogens with two attached hydrogens (primary N) is 1. The molecule has 7 nitrogen and oxygen atoms in total. The molecule has 0 saturated carbocycles. The third-order valence-corrected chi connectivity index (χ3v) is 4.02. The number of nitrogens with zero attached hydrogens (tertiary/aromatic N) is 1. The first-order chi connectivity index (χ1) is 9.26. The Kier molecular flexibility index (Phi) is 5.46. The van der Waals surface area contributed by atoms with Crippen LogP contribution in [-0.2, 0) is 19.6 Å². The normalized spacial score (nSPS) is 13.2. The number of rotatable bonds is 6. The highest BCUT2D eigenvalue weighted by Gasteiger charge is 2.27. The van der Waals surface area contributed by atoms with Gasteiger partial charge in [-0.25, -0.2) is 13.4 Å². The Balaban J connectivity index is 2.96. The maximum Gasteiger partial charge on any atom is 0.323 e. The summed E-state index contributed by atoms with van der Waals surface area (Å²) in [6.45, 7) is 3.77. The minimum atomic E-state index is -3.85. The summed E-state index contributed by atoms with van der Waals surface area (Å²) in [6, 6.07) is 1.78. The lowest BCUT2D eigenvalue weighted by molar-refractivity contribution is -0.143. The van der Waals surface area contributed by atoms with Crippen LogP contribution in [0.15, 0.2) is 23.2 Å². The van der Waals surface area contributed by atoms with Crippen molar-refractivity contribution in [2.75, 3.05) is 12.8 Å². The zero-order valence-corrected chi connectivity index (χ0v) is 12.5. The van der Waals surface area contributed by atoms with Crippen LogP contribution in [0, 0.1) is 5.92 Å². The van der Waals surface area contributed by atoms with Gasteiger partial charge in [-0.15, -0.1) is 0 Å². The van der Waals surface area contributed by atoms with Crippen LogP contribution in [0.4, 0.5) is 5.82 Å². The summed E-state index contributed by atoms with van der Waals surface area (Å²) >= 11 is 0. The van der Waals surface area contributed by atoms with Gasteiger partial charge in [0.1, 0.15) is 16.8 Å². The van der Waals surface area contributed by atoms with Gasteiger partial charge in [0.2, 0.25) is 10.0 Å². The van der Waals surface area contributed by atoms with Crippen molar-refractivity contribution >= 4 is 21.8 Å². The molecule has 1 rings (SSSR count). The zero-order valence-electron chi connectivity index (χ0n) is 11.7. The Labute approximate surface area is 118 Å². The molecular weight excluding hydrogens is 282 g/mol. The van der Waals surface area contributed by atoms with Crippen molar-refractivity contribution in [1.82, 2.24) is 9.71 Å². The fourth-order valence-corrected chi connectivity index (χ4v) is 2.75. The molecule has 1 atom stereocenters. The molecule has 1 aromatic rings. The molecule has 112 valence electrons. The van der Waals surface area contributed by atoms with E-state index in [0.29, 0.717) is 6.42 Å². The summed E-state index contributed by atoms with van der Waals surface area (Å²) in [4.78, 5) is 15.3. The Morgan fingerprint density at radius 2 is 2.10 bits per heavy atom. The van der Waals surface area contributed by atoms with E-state index in [-0.39, 0.29) is 16.6 Å². The zero-order chi connectivity index (χ0) is 15.3. The first kappa shape index (κ1) is 16.4. The lowest BCUT2D eigenvalue weighted by atomic mass is 10.1. The molecule has 1 aromatic heterocycles. The Morgan fingerprint density at radius 1 is 1.45 bits per heavy atom. The average Bonchev–Trinajstić information content (AvgIpc) is 2.36. The number of esters is 1. The molecule has 3 N–H and O–H groups in total. The Hall–Kier alpha value is -1.67. The second-order valence-corrected chi connectivity index (χ2v) is 6.46. The number of carbonyl (C=O) groups is 1. The highest BCUT2D eigenvalue weighted by molar-refractivity contribution is 7.89. The first-order valence-electron chi connectivity index (χ1n) is 6.08. The third kappa shape index (κ3) is 4.46. The van der Waals surface area contributed by atoms with Gasteiger partial charge in [0.05, 0.1) is 7.11 Å². The molecule has 0 spiro atoms. The summed E-state index contributed by atoms with van der Waals surface area (Å²) in [7, 11) is -2.63. The average molecular weight is 301 g/mol. The van der Waals surface area contributed by atoms with Crippen molar-refractivity contribution < 1.29 is 17.9 Å². The molecule has 0 aliphatic carbocycles. The molecule has 1 heterocycles. The van der Waals surface area contributed by atoms with Gasteiger partial charge in [-0.3, -0.25) is 4.79 Å². The number of nitrogen functional groups attached to an aromatic ring is 1. The van der Waals surface area contributed by atoms with Crippen molar-refractivity contribution in [3.05, 3.63) is 18.3 Å². The summed E-state index contributed by atoms with van der Waals surface area (Å²) in [6.07, 6.45) is 1.48. The molecule has 1 unspecified atom stereocenters. The number of hydrogen-bond donors (Lipinski definition) is 2. The quantitative estimate of drug-likeness (QED) is 0.741. The molecule has 0 amide bonds. The third-order valence-electron chi connectivity index (χ3n) is 2.56. The van der Waals surface area contributed by atoms with Gasteiger partial charge in [-0.2, -0.15) is 4.72 Å². The second-order valence-electron chi connectivity index (χ2n) is 4.75. The van der Waals surface area contributed by atoms with Crippen LogP contribution in [0.2, 0.25) is 0 Å². The van der Waals surface area contributed by atoms with E-state index in [0.717, 1.165) is 6.20 Å². The fourth-order valence-electron chi connectivity index (χ4n) is 1.61. The van der Waals surface area contributed by atoms with Crippen LogP contribution in [0.25, 0.3) is 0 Å². The van der Waals surface area contributed by atoms with Gasteiger partial charge in [-0.05, 0) is 24.5 Å². The summed E-state index contributed by atoms with van der Waals surface area (Å²) in [5.74, 6) is -0.271. The smallest absolute Gasteiger partial charge is 0.323 e. The minimum Gasteiger partial charge on any atom is -0.468 e. The molecule has 0 aliphatic rings. The molecule has 0 bridgehead atoms. The largest absolute Gasteiger partial charge is 0.468 e. The summed E-state index contributed by atoms with van der Waals surface area (Å²) < 4.78 is 31.3. The number of ether oxygens (including phenoxy) is 1. The van der Waals surface area contributed by atoms with E-state index in [1.807, 2.05) is 13.8 Å². The van der Waals surface area contributed by atoms with Crippen LogP contribution >= 0.6 is 0 Å². The SMILES string of the molecule is COC(=O)C(CC(C)C)NS(=O)(=O)c1ccc(N)nc1. The van der Waals surface area contributed by atoms with Crippen molar-refractivity contribution in [2.45, 2.75) is 31.2 Å². The molecule has 0 aliphatic heterocycles. The predicted molar refractivity (Wildman–Crippen MR) is 74.2 cm³/mol. The molecule has 8 heteroatoms. The Morgan fingerprint density at radius 3 is 2.55 bits per heavy atom. The summed E-state index contributed by atoms with van der Waals surface area (Å²) in [5.41, 5.74) is 5.41. The number of hydrogen-bond acceptors (Lipinski definition) is 6. The van der Waals surface area contributed by atoms with E-state index in [9.17, 15) is 13.2 Å². The maximum absolute atomic E-state index is 12.2. The van der Waals surface area contributed by atoms with Gasteiger partial charge in [0, 0.05) is 6.20 Å². The van der Waals surface area contributed by atoms with Gasteiger partial charge < -0.3 is 10.5 Å². The van der Waals surface area contributed by atoms with Crippen LogP contribution in [-0.4, -0.2) is 32.5 Å². The van der Waals surface area contributed by atoms with Crippen molar-refractivity contribution in [1.29, 1.82) is 0 Å². The first-order valence-corrected chi connectivity index (χ1v) is 7.56. The molecular formula is C12H19N3O4S. The number of pyridine rings is 1. The fraction of sp³-hybridized carbons (Fsp3) is 0.500. The van der Waals surface area contributed by atoms with E-state index in [4.69, 9.17) is 5.73 Å². The van der Waals surface area contributed by atoms with Gasteiger partial charge >= 0.3 is 5.97 Å². The van der Waals surface area contributed by atoms with Gasteiger partial charge in [0.25, 0.3) is 0 Å². The standard InChI is InChI=1S/C12H19N3O4S/c1-8(2)6-10(12(16)19-3)15-20(17,18)9-4-5-11(13)14-7-9/h4-5,7-8,10,15H,6H2,1-3H3,(H2,13,14). The molecule has 0 radical (unpaired) electrons. The lowest BCUT2D eigenvalue weighted by Gasteiger charge is -2.18. The van der Waals surface area contributed by atoms with E-state index >= 15 is 0 Å². The summed E-state index contributed by atoms with van der Waals surface area (Å²) in [5, 5.41) is 0. The van der Waals surface area contributed by atoms with Crippen LogP contribution in [0.3, 0.4) is 0 Å². The molecule has 20 heavy (non-hydrogen) atoms. The maximum atomic E-state index is 12.2. The monoisotopic (exact) mass is 301 g/mol. The van der Waals surface area contributed by atoms with E-state index in [1.165, 1.54) is 19.2 Å². The topological polar surface area (TPSA) is 111 Å². The van der Waals surface area contributed by atoms with E-state index < -0.39 is 22.0 Å². The predicted octanol–water partition coefficient (Wildman–Crippen LogP) is 0.530. The molecule has 0 aromatic carbocycles. The van der Waals surface area contributed by atoms with Crippen molar-refractivity contribution in [3.63, 3.8) is 0 Å². The second kappa shape index (κ2) is 6.67. The highest BCUT2D eigenvalue weighted by Crippen LogP contribution is 2.13.